The van der Waals surface area contributed by atoms with Crippen molar-refractivity contribution in [1.29, 1.82) is 0 Å². The third-order valence-corrected chi connectivity index (χ3v) is 2.60. The molecular weight excluding hydrogens is 250 g/mol. The first-order valence-electron chi connectivity index (χ1n) is 6.82. The molecule has 0 saturated heterocycles. The van der Waals surface area contributed by atoms with Crippen LogP contribution in [0.1, 0.15) is 44.7 Å². The molecule has 0 aliphatic rings. The monoisotopic (exact) mass is 273 g/mol. The number of rotatable bonds is 3. The predicted octanol–water partition coefficient (Wildman–Crippen LogP) is 3.10. The molecule has 0 fully saturated rings. The van der Waals surface area contributed by atoms with Crippen LogP contribution in [0.2, 0.25) is 0 Å². The zero-order chi connectivity index (χ0) is 15.2. The fourth-order valence-electron chi connectivity index (χ4n) is 1.76. The Morgan fingerprint density at radius 2 is 2.05 bits per heavy atom. The molecule has 0 heterocycles. The predicted molar refractivity (Wildman–Crippen MR) is 82.5 cm³/mol. The third-order valence-electron chi connectivity index (χ3n) is 2.60. The number of nitrogens with one attached hydrogen (secondary N) is 1. The molecule has 0 aromatic heterocycles. The van der Waals surface area contributed by atoms with Crippen LogP contribution >= 0.6 is 0 Å². The summed E-state index contributed by atoms with van der Waals surface area (Å²) in [6.07, 6.45) is 0.897. The molecule has 1 rings (SSSR count). The number of aliphatic hydroxyl groups is 1. The molecule has 3 nitrogen and oxygen atoms in total. The first-order chi connectivity index (χ1) is 9.31. The van der Waals surface area contributed by atoms with Crippen LogP contribution in [0.15, 0.2) is 18.2 Å². The molecule has 3 heteroatoms. The van der Waals surface area contributed by atoms with E-state index in [1.54, 1.807) is 0 Å². The summed E-state index contributed by atoms with van der Waals surface area (Å²) in [5, 5.41) is 11.7. The normalized spacial score (nSPS) is 10.7. The Labute approximate surface area is 121 Å². The van der Waals surface area contributed by atoms with Crippen LogP contribution in [0.25, 0.3) is 0 Å². The Hall–Kier alpha value is -1.79. The Bertz CT molecular complexity index is 530. The molecule has 0 saturated carbocycles. The maximum atomic E-state index is 12.0. The zero-order valence-corrected chi connectivity index (χ0v) is 12.7. The highest BCUT2D eigenvalue weighted by molar-refractivity contribution is 5.92. The van der Waals surface area contributed by atoms with Gasteiger partial charge in [-0.15, -0.1) is 0 Å². The molecular formula is C17H23NO2. The summed E-state index contributed by atoms with van der Waals surface area (Å²) in [6.45, 7) is 8.12. The Morgan fingerprint density at radius 1 is 1.35 bits per heavy atom. The van der Waals surface area contributed by atoms with Crippen molar-refractivity contribution in [2.75, 3.05) is 11.9 Å². The minimum absolute atomic E-state index is 0.00781. The van der Waals surface area contributed by atoms with Crippen molar-refractivity contribution in [1.82, 2.24) is 0 Å². The summed E-state index contributed by atoms with van der Waals surface area (Å²) in [5.41, 5.74) is 2.57. The molecule has 2 N–H and O–H groups in total. The van der Waals surface area contributed by atoms with E-state index in [2.05, 4.69) is 17.2 Å². The van der Waals surface area contributed by atoms with Crippen LogP contribution in [-0.2, 0) is 4.79 Å². The maximum Gasteiger partial charge on any atom is 0.224 e. The molecule has 20 heavy (non-hydrogen) atoms. The fraction of sp³-hybridized carbons (Fsp3) is 0.471. The summed E-state index contributed by atoms with van der Waals surface area (Å²) in [4.78, 5) is 12.0. The van der Waals surface area contributed by atoms with Gasteiger partial charge >= 0.3 is 0 Å². The number of hydrogen-bond donors (Lipinski definition) is 2. The molecule has 0 radical (unpaired) electrons. The number of aliphatic hydroxyl groups excluding tert-OH is 1. The molecule has 108 valence electrons. The largest absolute Gasteiger partial charge is 0.395 e. The lowest BCUT2D eigenvalue weighted by atomic mass is 9.92. The van der Waals surface area contributed by atoms with Crippen LogP contribution < -0.4 is 5.32 Å². The van der Waals surface area contributed by atoms with Crippen molar-refractivity contribution in [2.24, 2.45) is 5.41 Å². The second-order valence-corrected chi connectivity index (χ2v) is 6.11. The van der Waals surface area contributed by atoms with E-state index >= 15 is 0 Å². The van der Waals surface area contributed by atoms with Gasteiger partial charge in [0.05, 0.1) is 12.3 Å². The number of anilines is 1. The topological polar surface area (TPSA) is 49.3 Å². The SMILES string of the molecule is Cc1ccc(NC(=O)CC(C)(C)C)c(C#CCCO)c1. The van der Waals surface area contributed by atoms with Gasteiger partial charge in [0.25, 0.3) is 0 Å². The van der Waals surface area contributed by atoms with Crippen molar-refractivity contribution < 1.29 is 9.90 Å². The van der Waals surface area contributed by atoms with Crippen LogP contribution in [0.5, 0.6) is 0 Å². The highest BCUT2D eigenvalue weighted by Crippen LogP contribution is 2.21. The fourth-order valence-corrected chi connectivity index (χ4v) is 1.76. The average Bonchev–Trinajstić information content (AvgIpc) is 2.30. The second kappa shape index (κ2) is 7.12. The number of aryl methyl sites for hydroxylation is 1. The maximum absolute atomic E-state index is 12.0. The van der Waals surface area contributed by atoms with E-state index in [0.717, 1.165) is 16.8 Å². The van der Waals surface area contributed by atoms with Crippen molar-refractivity contribution in [3.63, 3.8) is 0 Å². The first-order valence-corrected chi connectivity index (χ1v) is 6.82. The Balaban J connectivity index is 2.90. The number of carbonyl (C=O) groups is 1. The number of amides is 1. The molecule has 0 aliphatic carbocycles. The highest BCUT2D eigenvalue weighted by atomic mass is 16.2. The molecule has 0 atom stereocenters. The molecule has 0 bridgehead atoms. The molecule has 0 unspecified atom stereocenters. The van der Waals surface area contributed by atoms with E-state index in [1.807, 2.05) is 45.9 Å². The van der Waals surface area contributed by atoms with Crippen LogP contribution in [0, 0.1) is 24.2 Å². The second-order valence-electron chi connectivity index (χ2n) is 6.11. The molecule has 0 aliphatic heterocycles. The smallest absolute Gasteiger partial charge is 0.224 e. The van der Waals surface area contributed by atoms with E-state index in [1.165, 1.54) is 0 Å². The van der Waals surface area contributed by atoms with Gasteiger partial charge in [-0.3, -0.25) is 4.79 Å². The lowest BCUT2D eigenvalue weighted by Crippen LogP contribution is -2.20. The van der Waals surface area contributed by atoms with E-state index < -0.39 is 0 Å². The van der Waals surface area contributed by atoms with E-state index in [4.69, 9.17) is 5.11 Å². The number of hydrogen-bond acceptors (Lipinski definition) is 2. The standard InChI is InChI=1S/C17H23NO2/c1-13-8-9-15(14(11-13)7-5-6-10-19)18-16(20)12-17(2,3)4/h8-9,11,19H,6,10,12H2,1-4H3,(H,18,20). The van der Waals surface area contributed by atoms with Gasteiger partial charge in [-0.2, -0.15) is 0 Å². The zero-order valence-electron chi connectivity index (χ0n) is 12.7. The lowest BCUT2D eigenvalue weighted by molar-refractivity contribution is -0.117. The van der Waals surface area contributed by atoms with Gasteiger partial charge in [-0.25, -0.2) is 0 Å². The van der Waals surface area contributed by atoms with E-state index in [9.17, 15) is 4.79 Å². The van der Waals surface area contributed by atoms with Gasteiger partial charge in [0.15, 0.2) is 0 Å². The van der Waals surface area contributed by atoms with Gasteiger partial charge < -0.3 is 10.4 Å². The van der Waals surface area contributed by atoms with E-state index in [-0.39, 0.29) is 17.9 Å². The van der Waals surface area contributed by atoms with Gasteiger partial charge in [0.2, 0.25) is 5.91 Å². The summed E-state index contributed by atoms with van der Waals surface area (Å²) in [6, 6.07) is 5.76. The van der Waals surface area contributed by atoms with Crippen molar-refractivity contribution in [2.45, 2.75) is 40.5 Å². The average molecular weight is 273 g/mol. The third kappa shape index (κ3) is 5.90. The number of benzene rings is 1. The quantitative estimate of drug-likeness (QED) is 0.831. The summed E-state index contributed by atoms with van der Waals surface area (Å²) >= 11 is 0. The molecule has 1 aromatic rings. The summed E-state index contributed by atoms with van der Waals surface area (Å²) in [7, 11) is 0. The van der Waals surface area contributed by atoms with Crippen molar-refractivity contribution >= 4 is 11.6 Å². The van der Waals surface area contributed by atoms with Gasteiger partial charge in [0, 0.05) is 18.4 Å². The van der Waals surface area contributed by atoms with Crippen LogP contribution in [-0.4, -0.2) is 17.6 Å². The first kappa shape index (κ1) is 16.3. The molecule has 1 aromatic carbocycles. The van der Waals surface area contributed by atoms with Crippen molar-refractivity contribution in [3.05, 3.63) is 29.3 Å². The van der Waals surface area contributed by atoms with Crippen molar-refractivity contribution in [3.8, 4) is 11.8 Å². The molecule has 1 amide bonds. The Morgan fingerprint density at radius 3 is 2.65 bits per heavy atom. The van der Waals surface area contributed by atoms with Gasteiger partial charge in [0.1, 0.15) is 0 Å². The van der Waals surface area contributed by atoms with Gasteiger partial charge in [-0.1, -0.05) is 38.7 Å². The molecule has 0 spiro atoms. The van der Waals surface area contributed by atoms with E-state index in [0.29, 0.717) is 12.8 Å². The highest BCUT2D eigenvalue weighted by Gasteiger charge is 2.16. The minimum atomic E-state index is -0.0441. The summed E-state index contributed by atoms with van der Waals surface area (Å²) < 4.78 is 0. The van der Waals surface area contributed by atoms with Crippen LogP contribution in [0.4, 0.5) is 5.69 Å². The lowest BCUT2D eigenvalue weighted by Gasteiger charge is -2.17. The summed E-state index contributed by atoms with van der Waals surface area (Å²) in [5.74, 6) is 5.88. The Kier molecular flexibility index (Phi) is 5.79. The minimum Gasteiger partial charge on any atom is -0.395 e. The van der Waals surface area contributed by atoms with Gasteiger partial charge in [-0.05, 0) is 30.0 Å². The van der Waals surface area contributed by atoms with Crippen LogP contribution in [0.3, 0.4) is 0 Å². The number of carbonyl (C=O) groups excluding carboxylic acids is 1.